The van der Waals surface area contributed by atoms with Gasteiger partial charge in [0, 0.05) is 13.1 Å². The molecule has 0 bridgehead atoms. The number of ether oxygens (including phenoxy) is 2. The molecule has 0 amide bonds. The monoisotopic (exact) mass is 460 g/mol. The van der Waals surface area contributed by atoms with Crippen LogP contribution in [0.15, 0.2) is 70.7 Å². The minimum atomic E-state index is 0. The minimum absolute atomic E-state index is 0. The van der Waals surface area contributed by atoms with E-state index in [9.17, 15) is 0 Å². The molecule has 0 aromatic heterocycles. The standard InChI is InChI=1S/C23H24N4O2.2ClH/c1-7-20(8-2-18(1)5-11-22-24-13-14-25-22)28-17-29-21-9-3-19(4-10-21)6-12-23-26-15-16-27-23;;/h1-12H,13-17H2,(H,24,25)(H,26,27);2*1H. The highest BCUT2D eigenvalue weighted by atomic mass is 35.5. The van der Waals surface area contributed by atoms with Crippen LogP contribution in [0.25, 0.3) is 12.2 Å². The highest BCUT2D eigenvalue weighted by Gasteiger charge is 2.01. The van der Waals surface area contributed by atoms with Crippen LogP contribution in [0.5, 0.6) is 11.5 Å². The van der Waals surface area contributed by atoms with E-state index in [1.54, 1.807) is 0 Å². The van der Waals surface area contributed by atoms with Gasteiger partial charge in [-0.15, -0.1) is 24.8 Å². The van der Waals surface area contributed by atoms with E-state index in [0.29, 0.717) is 0 Å². The van der Waals surface area contributed by atoms with Crippen molar-refractivity contribution in [3.8, 4) is 11.5 Å². The molecule has 2 aromatic rings. The van der Waals surface area contributed by atoms with Gasteiger partial charge in [-0.3, -0.25) is 9.98 Å². The van der Waals surface area contributed by atoms with Gasteiger partial charge >= 0.3 is 0 Å². The zero-order chi connectivity index (χ0) is 19.7. The van der Waals surface area contributed by atoms with Crippen LogP contribution in [0.3, 0.4) is 0 Å². The van der Waals surface area contributed by atoms with Gasteiger partial charge < -0.3 is 20.1 Å². The second kappa shape index (κ2) is 12.7. The molecule has 2 aliphatic heterocycles. The van der Waals surface area contributed by atoms with E-state index in [0.717, 1.165) is 60.5 Å². The first-order valence-electron chi connectivity index (χ1n) is 9.74. The Labute approximate surface area is 195 Å². The van der Waals surface area contributed by atoms with Crippen LogP contribution in [-0.2, 0) is 0 Å². The van der Waals surface area contributed by atoms with Crippen LogP contribution >= 0.6 is 24.8 Å². The summed E-state index contributed by atoms with van der Waals surface area (Å²) in [6.07, 6.45) is 8.04. The molecule has 8 heteroatoms. The van der Waals surface area contributed by atoms with Gasteiger partial charge in [0.1, 0.15) is 23.2 Å². The molecule has 2 aromatic carbocycles. The molecule has 4 rings (SSSR count). The SMILES string of the molecule is C(=Cc1ccc(OCOc2ccc(C=CC3=NCCN3)cc2)cc1)C1=NCCN1.Cl.Cl. The predicted molar refractivity (Wildman–Crippen MR) is 132 cm³/mol. The summed E-state index contributed by atoms with van der Waals surface area (Å²) in [5.41, 5.74) is 2.19. The molecule has 0 spiro atoms. The third kappa shape index (κ3) is 7.66. The topological polar surface area (TPSA) is 67.2 Å². The zero-order valence-electron chi connectivity index (χ0n) is 17.0. The maximum Gasteiger partial charge on any atom is 0.230 e. The van der Waals surface area contributed by atoms with Crippen LogP contribution in [0.2, 0.25) is 0 Å². The maximum absolute atomic E-state index is 5.67. The highest BCUT2D eigenvalue weighted by Crippen LogP contribution is 2.16. The number of nitrogens with zero attached hydrogens (tertiary/aromatic N) is 2. The number of amidine groups is 2. The molecule has 31 heavy (non-hydrogen) atoms. The van der Waals surface area contributed by atoms with Gasteiger partial charge in [0.25, 0.3) is 0 Å². The van der Waals surface area contributed by atoms with Crippen molar-refractivity contribution in [2.75, 3.05) is 33.0 Å². The summed E-state index contributed by atoms with van der Waals surface area (Å²) in [4.78, 5) is 8.67. The number of rotatable bonds is 8. The summed E-state index contributed by atoms with van der Waals surface area (Å²) in [5, 5.41) is 6.43. The number of halogens is 2. The number of hydrogen-bond donors (Lipinski definition) is 2. The minimum Gasteiger partial charge on any atom is -0.458 e. The summed E-state index contributed by atoms with van der Waals surface area (Å²) in [6, 6.07) is 15.7. The first-order chi connectivity index (χ1) is 14.3. The molecule has 0 fully saturated rings. The van der Waals surface area contributed by atoms with Crippen LogP contribution in [0.1, 0.15) is 11.1 Å². The Kier molecular flexibility index (Phi) is 9.94. The lowest BCUT2D eigenvalue weighted by Gasteiger charge is -2.09. The Morgan fingerprint density at radius 1 is 0.645 bits per heavy atom. The van der Waals surface area contributed by atoms with Gasteiger partial charge in [-0.05, 0) is 47.5 Å². The number of benzene rings is 2. The van der Waals surface area contributed by atoms with Crippen molar-refractivity contribution in [3.05, 3.63) is 71.8 Å². The van der Waals surface area contributed by atoms with Gasteiger partial charge in [0.05, 0.1) is 13.1 Å². The molecule has 2 heterocycles. The molecular weight excluding hydrogens is 435 g/mol. The fourth-order valence-corrected chi connectivity index (χ4v) is 2.92. The van der Waals surface area contributed by atoms with Gasteiger partial charge in [0.2, 0.25) is 6.79 Å². The third-order valence-corrected chi connectivity index (χ3v) is 4.48. The molecule has 0 aliphatic carbocycles. The molecule has 0 atom stereocenters. The summed E-state index contributed by atoms with van der Waals surface area (Å²) < 4.78 is 11.3. The second-order valence-corrected chi connectivity index (χ2v) is 6.60. The smallest absolute Gasteiger partial charge is 0.230 e. The molecule has 0 saturated heterocycles. The largest absolute Gasteiger partial charge is 0.458 e. The van der Waals surface area contributed by atoms with Crippen molar-refractivity contribution in [1.82, 2.24) is 10.6 Å². The molecule has 0 radical (unpaired) electrons. The van der Waals surface area contributed by atoms with E-state index in [1.807, 2.05) is 72.8 Å². The van der Waals surface area contributed by atoms with E-state index >= 15 is 0 Å². The predicted octanol–water partition coefficient (Wildman–Crippen LogP) is 3.98. The molecule has 2 N–H and O–H groups in total. The molecular formula is C23H26Cl2N4O2. The van der Waals surface area contributed by atoms with Crippen LogP contribution in [0, 0.1) is 0 Å². The fraction of sp³-hybridized carbons (Fsp3) is 0.217. The first-order valence-corrected chi connectivity index (χ1v) is 9.74. The van der Waals surface area contributed by atoms with Crippen LogP contribution in [0.4, 0.5) is 0 Å². The number of aliphatic imine (C=N–C) groups is 2. The van der Waals surface area contributed by atoms with Crippen LogP contribution < -0.4 is 20.1 Å². The molecule has 2 aliphatic rings. The summed E-state index contributed by atoms with van der Waals surface area (Å²) in [5.74, 6) is 3.40. The summed E-state index contributed by atoms with van der Waals surface area (Å²) >= 11 is 0. The quantitative estimate of drug-likeness (QED) is 0.584. The zero-order valence-corrected chi connectivity index (χ0v) is 18.6. The normalized spacial score (nSPS) is 14.8. The second-order valence-electron chi connectivity index (χ2n) is 6.60. The Bertz CT molecular complexity index is 862. The van der Waals surface area contributed by atoms with Gasteiger partial charge in [-0.2, -0.15) is 0 Å². The van der Waals surface area contributed by atoms with Gasteiger partial charge in [-0.1, -0.05) is 36.4 Å². The van der Waals surface area contributed by atoms with Crippen LogP contribution in [-0.4, -0.2) is 44.6 Å². The average molecular weight is 461 g/mol. The van der Waals surface area contributed by atoms with E-state index in [2.05, 4.69) is 20.6 Å². The lowest BCUT2D eigenvalue weighted by molar-refractivity contribution is 0.120. The number of nitrogens with one attached hydrogen (secondary N) is 2. The highest BCUT2D eigenvalue weighted by molar-refractivity contribution is 5.97. The fourth-order valence-electron chi connectivity index (χ4n) is 2.92. The maximum atomic E-state index is 5.67. The molecule has 164 valence electrons. The molecule has 6 nitrogen and oxygen atoms in total. The van der Waals surface area contributed by atoms with E-state index in [4.69, 9.17) is 9.47 Å². The Morgan fingerprint density at radius 3 is 1.42 bits per heavy atom. The van der Waals surface area contributed by atoms with E-state index in [1.165, 1.54) is 0 Å². The van der Waals surface area contributed by atoms with Crippen molar-refractivity contribution in [2.45, 2.75) is 0 Å². The average Bonchev–Trinajstić information content (AvgIpc) is 3.47. The molecule has 0 saturated carbocycles. The van der Waals surface area contributed by atoms with Gasteiger partial charge in [0.15, 0.2) is 0 Å². The van der Waals surface area contributed by atoms with Crippen molar-refractivity contribution in [3.63, 3.8) is 0 Å². The van der Waals surface area contributed by atoms with Crippen molar-refractivity contribution < 1.29 is 9.47 Å². The Balaban J connectivity index is 0.00000171. The van der Waals surface area contributed by atoms with Crippen molar-refractivity contribution in [2.24, 2.45) is 9.98 Å². The van der Waals surface area contributed by atoms with Crippen molar-refractivity contribution >= 4 is 48.6 Å². The lowest BCUT2D eigenvalue weighted by atomic mass is 10.2. The summed E-state index contributed by atoms with van der Waals surface area (Å²) in [7, 11) is 0. The van der Waals surface area contributed by atoms with E-state index in [-0.39, 0.29) is 31.6 Å². The van der Waals surface area contributed by atoms with Crippen molar-refractivity contribution in [1.29, 1.82) is 0 Å². The first kappa shape index (κ1) is 24.3. The third-order valence-electron chi connectivity index (χ3n) is 4.48. The Morgan fingerprint density at radius 2 is 1.06 bits per heavy atom. The van der Waals surface area contributed by atoms with E-state index < -0.39 is 0 Å². The molecule has 0 unspecified atom stereocenters. The summed E-state index contributed by atoms with van der Waals surface area (Å²) in [6.45, 7) is 3.68. The van der Waals surface area contributed by atoms with Gasteiger partial charge in [-0.25, -0.2) is 0 Å². The Hall–Kier alpha value is -2.96. The number of hydrogen-bond acceptors (Lipinski definition) is 6. The lowest BCUT2D eigenvalue weighted by Crippen LogP contribution is -2.15.